The summed E-state index contributed by atoms with van der Waals surface area (Å²) < 4.78 is 1.42. The number of hydrogen-bond donors (Lipinski definition) is 0. The van der Waals surface area contributed by atoms with Gasteiger partial charge in [0, 0.05) is 0 Å². The van der Waals surface area contributed by atoms with Gasteiger partial charge >= 0.3 is 99.2 Å². The van der Waals surface area contributed by atoms with Gasteiger partial charge in [0.1, 0.15) is 0 Å². The number of allylic oxidation sites excluding steroid dienone is 4. The molecule has 0 aromatic heterocycles. The van der Waals surface area contributed by atoms with E-state index in [9.17, 15) is 0 Å². The van der Waals surface area contributed by atoms with E-state index in [1.54, 1.807) is 5.57 Å². The molecule has 0 bridgehead atoms. The molecule has 3 aliphatic carbocycles. The van der Waals surface area contributed by atoms with Gasteiger partial charge in [0.15, 0.2) is 0 Å². The van der Waals surface area contributed by atoms with Crippen molar-refractivity contribution < 1.29 is 49.0 Å². The van der Waals surface area contributed by atoms with E-state index >= 15 is 0 Å². The molecule has 4 aromatic carbocycles. The summed E-state index contributed by atoms with van der Waals surface area (Å²) in [6, 6.07) is 32.1. The first-order valence-corrected chi connectivity index (χ1v) is 20.0. The van der Waals surface area contributed by atoms with E-state index in [2.05, 4.69) is 172 Å². The topological polar surface area (TPSA) is 0 Å². The van der Waals surface area contributed by atoms with Gasteiger partial charge in [-0.25, -0.2) is 6.08 Å². The fourth-order valence-electron chi connectivity index (χ4n) is 7.98. The molecule has 3 aliphatic rings. The second-order valence-electron chi connectivity index (χ2n) is 17.2. The van der Waals surface area contributed by atoms with E-state index in [1.807, 2.05) is 0 Å². The third-order valence-corrected chi connectivity index (χ3v) is 12.2. The monoisotopic (exact) mass is 806 g/mol. The Morgan fingerprint density at radius 3 is 1.73 bits per heavy atom. The normalized spacial score (nSPS) is 16.8. The van der Waals surface area contributed by atoms with Crippen LogP contribution in [0.1, 0.15) is 132 Å². The summed E-state index contributed by atoms with van der Waals surface area (Å²) in [7, 11) is 0. The molecule has 7 rings (SSSR count). The van der Waals surface area contributed by atoms with Crippen LogP contribution in [0, 0.1) is 37.3 Å². The molecule has 274 valence electrons. The maximum atomic E-state index is 3.69. The number of aryl methyl sites for hydroxylation is 2. The van der Waals surface area contributed by atoms with E-state index in [1.165, 1.54) is 115 Å². The molecule has 0 radical (unpaired) electrons. The summed E-state index contributed by atoms with van der Waals surface area (Å²) in [6.45, 7) is 22.9. The Hall–Kier alpha value is -2.31. The summed E-state index contributed by atoms with van der Waals surface area (Å²) in [5.74, 6) is 0.550. The third kappa shape index (κ3) is 10.7. The summed E-state index contributed by atoms with van der Waals surface area (Å²) in [4.78, 5) is 0. The van der Waals surface area contributed by atoms with E-state index in [-0.39, 0.29) is 35.6 Å². The van der Waals surface area contributed by atoms with E-state index in [4.69, 9.17) is 0 Å². The fourth-order valence-corrected chi connectivity index (χ4v) is 8.80. The second kappa shape index (κ2) is 18.3. The van der Waals surface area contributed by atoms with Crippen LogP contribution in [0.2, 0.25) is 0 Å². The minimum atomic E-state index is 0. The number of benzene rings is 4. The van der Waals surface area contributed by atoms with Crippen LogP contribution in [0.4, 0.5) is 0 Å². The van der Waals surface area contributed by atoms with Crippen molar-refractivity contribution in [1.29, 1.82) is 0 Å². The summed E-state index contributed by atoms with van der Waals surface area (Å²) in [5, 5.41) is 0. The van der Waals surface area contributed by atoms with E-state index < -0.39 is 0 Å². The molecular formula is C49H58Cl2Zr-2. The molecular weight excluding hydrogens is 751 g/mol. The molecule has 1 saturated carbocycles. The zero-order chi connectivity index (χ0) is 36.3. The van der Waals surface area contributed by atoms with Crippen LogP contribution in [-0.4, -0.2) is 3.21 Å². The molecule has 0 spiro atoms. The summed E-state index contributed by atoms with van der Waals surface area (Å²) in [6.07, 6.45) is 16.0. The van der Waals surface area contributed by atoms with Gasteiger partial charge < -0.3 is 24.8 Å². The van der Waals surface area contributed by atoms with Gasteiger partial charge in [-0.2, -0.15) is 29.3 Å². The minimum absolute atomic E-state index is 0. The quantitative estimate of drug-likeness (QED) is 0.173. The average molecular weight is 809 g/mol. The Morgan fingerprint density at radius 2 is 1.25 bits per heavy atom. The van der Waals surface area contributed by atoms with Crippen molar-refractivity contribution in [2.45, 2.75) is 119 Å². The maximum absolute atomic E-state index is 3.69. The van der Waals surface area contributed by atoms with Crippen molar-refractivity contribution in [2.75, 3.05) is 0 Å². The standard InChI is InChI=1S/C23H29.C13H19.C13H10.2ClH.Zr/c1-14-9-16-11-17-10-15(2)21(23(6,7)8)13-19(17)18(16)12-20(14)22(3,4)5;1-11-6-7-12(10-11)13(2)8-4-3-5-9-13;1-3-7-12(8-4-1)11-13-9-5-2-6-10-13;;;/h9,12-13H,11H2,1-8H3;7,10-11H,3-5,8-9H2,1-2H3;1-10H;2*1H;/q2*-1;;;;+2/p-2. The SMILES string of the molecule is CC1[C-]=CC(C2(C)CCCCC2)=C1.Cc1[c-]c2c(cc1C(C)(C)C)-c1cc(C(C)(C)C)c(C)cc1C2.[Cl-].[Cl-].[Zr+2]=[C](c1ccccc1)c1ccccc1. The van der Waals surface area contributed by atoms with Gasteiger partial charge in [0.25, 0.3) is 0 Å². The first-order chi connectivity index (χ1) is 23.6. The van der Waals surface area contributed by atoms with Crippen LogP contribution < -0.4 is 24.8 Å². The predicted molar refractivity (Wildman–Crippen MR) is 213 cm³/mol. The van der Waals surface area contributed by atoms with Crippen LogP contribution in [0.25, 0.3) is 11.1 Å². The zero-order valence-corrected chi connectivity index (χ0v) is 37.2. The number of rotatable bonds is 3. The molecule has 3 heteroatoms. The van der Waals surface area contributed by atoms with Gasteiger partial charge in [-0.3, -0.25) is 6.08 Å². The number of fused-ring (bicyclic) bond motifs is 3. The van der Waals surface area contributed by atoms with Crippen molar-refractivity contribution in [3.63, 3.8) is 0 Å². The van der Waals surface area contributed by atoms with Gasteiger partial charge in [-0.15, -0.1) is 16.7 Å². The Kier molecular flexibility index (Phi) is 15.6. The van der Waals surface area contributed by atoms with Crippen LogP contribution in [0.5, 0.6) is 0 Å². The molecule has 0 nitrogen and oxygen atoms in total. The molecule has 0 saturated heterocycles. The molecule has 1 unspecified atom stereocenters. The Balaban J connectivity index is 0.000000218. The van der Waals surface area contributed by atoms with Gasteiger partial charge in [-0.1, -0.05) is 129 Å². The van der Waals surface area contributed by atoms with Crippen LogP contribution in [0.3, 0.4) is 0 Å². The molecule has 0 heterocycles. The first-order valence-electron chi connectivity index (χ1n) is 18.8. The predicted octanol–water partition coefficient (Wildman–Crippen LogP) is 6.97. The van der Waals surface area contributed by atoms with Gasteiger partial charge in [0.2, 0.25) is 0 Å². The van der Waals surface area contributed by atoms with E-state index in [0.717, 1.165) is 6.42 Å². The van der Waals surface area contributed by atoms with Crippen molar-refractivity contribution in [2.24, 2.45) is 11.3 Å². The fraction of sp³-hybridized carbons (Fsp3) is 0.408. The summed E-state index contributed by atoms with van der Waals surface area (Å²) in [5.41, 5.74) is 16.3. The Bertz CT molecular complexity index is 1750. The number of hydrogen-bond acceptors (Lipinski definition) is 0. The van der Waals surface area contributed by atoms with Gasteiger partial charge in [-0.05, 0) is 35.4 Å². The van der Waals surface area contributed by atoms with Crippen molar-refractivity contribution in [1.82, 2.24) is 0 Å². The molecule has 0 amide bonds. The second-order valence-corrected chi connectivity index (χ2v) is 18.4. The molecule has 0 aliphatic heterocycles. The first kappa shape index (κ1) is 44.1. The number of halogens is 2. The van der Waals surface area contributed by atoms with Crippen LogP contribution in [0.15, 0.2) is 96.6 Å². The van der Waals surface area contributed by atoms with Gasteiger partial charge in [0.05, 0.1) is 0 Å². The summed E-state index contributed by atoms with van der Waals surface area (Å²) >= 11 is 1.46. The Morgan fingerprint density at radius 1 is 0.731 bits per heavy atom. The van der Waals surface area contributed by atoms with Crippen molar-refractivity contribution in [3.05, 3.63) is 153 Å². The van der Waals surface area contributed by atoms with E-state index in [0.29, 0.717) is 11.3 Å². The van der Waals surface area contributed by atoms with Crippen LogP contribution >= 0.6 is 0 Å². The van der Waals surface area contributed by atoms with Crippen LogP contribution in [-0.2, 0) is 41.5 Å². The Labute approximate surface area is 344 Å². The average Bonchev–Trinajstić information content (AvgIpc) is 3.67. The molecule has 0 N–H and O–H groups in total. The van der Waals surface area contributed by atoms with Crippen molar-refractivity contribution >= 4 is 3.21 Å². The zero-order valence-electron chi connectivity index (χ0n) is 33.2. The third-order valence-electron chi connectivity index (χ3n) is 10.8. The molecule has 1 fully saturated rings. The molecule has 52 heavy (non-hydrogen) atoms. The molecule has 1 atom stereocenters. The van der Waals surface area contributed by atoms with Crippen molar-refractivity contribution in [3.8, 4) is 11.1 Å². The molecule has 4 aromatic rings.